The molecule has 11 heavy (non-hydrogen) atoms. The van der Waals surface area contributed by atoms with Gasteiger partial charge in [-0.2, -0.15) is 0 Å². The molecule has 1 fully saturated rings. The molecule has 0 aromatic rings. The van der Waals surface area contributed by atoms with E-state index in [1.165, 1.54) is 19.4 Å². The number of hydrogen-bond acceptors (Lipinski definition) is 1. The van der Waals surface area contributed by atoms with Crippen molar-refractivity contribution in [2.45, 2.75) is 32.7 Å². The van der Waals surface area contributed by atoms with E-state index in [0.29, 0.717) is 6.04 Å². The molecular weight excluding hydrogens is 202 g/mol. The second-order valence-corrected chi connectivity index (χ2v) is 4.42. The predicted octanol–water partition coefficient (Wildman–Crippen LogP) is 2.41. The van der Waals surface area contributed by atoms with Crippen molar-refractivity contribution in [1.82, 2.24) is 5.32 Å². The first-order valence-electron chi connectivity index (χ1n) is 4.53. The SMILES string of the molecule is CC(CBr)C(C)NCC1CC1. The molecule has 1 N–H and O–H groups in total. The molecule has 66 valence electrons. The maximum atomic E-state index is 3.57. The summed E-state index contributed by atoms with van der Waals surface area (Å²) >= 11 is 3.50. The van der Waals surface area contributed by atoms with Gasteiger partial charge < -0.3 is 5.32 Å². The van der Waals surface area contributed by atoms with Crippen molar-refractivity contribution in [2.24, 2.45) is 11.8 Å². The average Bonchev–Trinajstić information content (AvgIpc) is 2.81. The molecule has 2 unspecified atom stereocenters. The lowest BCUT2D eigenvalue weighted by Crippen LogP contribution is -2.34. The second-order valence-electron chi connectivity index (χ2n) is 3.77. The highest BCUT2D eigenvalue weighted by molar-refractivity contribution is 9.09. The van der Waals surface area contributed by atoms with Crippen LogP contribution in [0.5, 0.6) is 0 Å². The van der Waals surface area contributed by atoms with Gasteiger partial charge >= 0.3 is 0 Å². The zero-order chi connectivity index (χ0) is 8.27. The molecule has 0 amide bonds. The minimum atomic E-state index is 0.662. The Bertz CT molecular complexity index is 112. The van der Waals surface area contributed by atoms with Crippen molar-refractivity contribution < 1.29 is 0 Å². The van der Waals surface area contributed by atoms with E-state index in [2.05, 4.69) is 35.1 Å². The Morgan fingerprint density at radius 2 is 2.09 bits per heavy atom. The van der Waals surface area contributed by atoms with E-state index in [4.69, 9.17) is 0 Å². The van der Waals surface area contributed by atoms with Gasteiger partial charge in [0.15, 0.2) is 0 Å². The summed E-state index contributed by atoms with van der Waals surface area (Å²) in [7, 11) is 0. The summed E-state index contributed by atoms with van der Waals surface area (Å²) in [5.74, 6) is 1.74. The molecule has 0 aromatic carbocycles. The minimum absolute atomic E-state index is 0.662. The Hall–Kier alpha value is 0.440. The normalized spacial score (nSPS) is 23.2. The number of nitrogens with one attached hydrogen (secondary N) is 1. The fraction of sp³-hybridized carbons (Fsp3) is 1.00. The molecule has 1 saturated carbocycles. The summed E-state index contributed by atoms with van der Waals surface area (Å²) in [6.07, 6.45) is 2.89. The fourth-order valence-electron chi connectivity index (χ4n) is 1.01. The first kappa shape index (κ1) is 9.53. The first-order chi connectivity index (χ1) is 5.24. The molecule has 0 bridgehead atoms. The van der Waals surface area contributed by atoms with Crippen molar-refractivity contribution in [3.05, 3.63) is 0 Å². The predicted molar refractivity (Wildman–Crippen MR) is 53.1 cm³/mol. The van der Waals surface area contributed by atoms with Crippen LogP contribution in [-0.2, 0) is 0 Å². The molecule has 0 aromatic heterocycles. The molecule has 0 heterocycles. The smallest absolute Gasteiger partial charge is 0.00724 e. The van der Waals surface area contributed by atoms with Crippen molar-refractivity contribution >= 4 is 15.9 Å². The lowest BCUT2D eigenvalue weighted by Gasteiger charge is -2.18. The van der Waals surface area contributed by atoms with Crippen LogP contribution in [0.4, 0.5) is 0 Å². The summed E-state index contributed by atoms with van der Waals surface area (Å²) in [4.78, 5) is 0. The zero-order valence-corrected chi connectivity index (χ0v) is 9.02. The third kappa shape index (κ3) is 3.57. The minimum Gasteiger partial charge on any atom is -0.314 e. The molecule has 1 aliphatic rings. The van der Waals surface area contributed by atoms with Gasteiger partial charge in [0, 0.05) is 11.4 Å². The number of rotatable bonds is 5. The Balaban J connectivity index is 2.03. The number of halogens is 1. The first-order valence-corrected chi connectivity index (χ1v) is 5.65. The highest BCUT2D eigenvalue weighted by Gasteiger charge is 2.22. The Morgan fingerprint density at radius 3 is 2.55 bits per heavy atom. The van der Waals surface area contributed by atoms with E-state index in [1.807, 2.05) is 0 Å². The fourth-order valence-corrected chi connectivity index (χ4v) is 1.57. The lowest BCUT2D eigenvalue weighted by molar-refractivity contribution is 0.426. The van der Waals surface area contributed by atoms with Gasteiger partial charge in [-0.05, 0) is 38.1 Å². The highest BCUT2D eigenvalue weighted by atomic mass is 79.9. The topological polar surface area (TPSA) is 12.0 Å². The summed E-state index contributed by atoms with van der Waals surface area (Å²) < 4.78 is 0. The van der Waals surface area contributed by atoms with Crippen LogP contribution in [0, 0.1) is 11.8 Å². The summed E-state index contributed by atoms with van der Waals surface area (Å²) in [5, 5.41) is 4.67. The van der Waals surface area contributed by atoms with Crippen LogP contribution < -0.4 is 5.32 Å². The van der Waals surface area contributed by atoms with Crippen LogP contribution in [0.15, 0.2) is 0 Å². The zero-order valence-electron chi connectivity index (χ0n) is 7.44. The molecular formula is C9H18BrN. The molecule has 0 spiro atoms. The van der Waals surface area contributed by atoms with Gasteiger partial charge in [-0.15, -0.1) is 0 Å². The van der Waals surface area contributed by atoms with Gasteiger partial charge in [-0.1, -0.05) is 22.9 Å². The third-order valence-corrected chi connectivity index (χ3v) is 3.54. The van der Waals surface area contributed by atoms with E-state index in [0.717, 1.165) is 17.2 Å². The Morgan fingerprint density at radius 1 is 1.45 bits per heavy atom. The summed E-state index contributed by atoms with van der Waals surface area (Å²) in [6, 6.07) is 0.662. The molecule has 1 nitrogen and oxygen atoms in total. The van der Waals surface area contributed by atoms with Crippen molar-refractivity contribution in [3.63, 3.8) is 0 Å². The van der Waals surface area contributed by atoms with Crippen molar-refractivity contribution in [2.75, 3.05) is 11.9 Å². The van der Waals surface area contributed by atoms with Gasteiger partial charge in [0.1, 0.15) is 0 Å². The monoisotopic (exact) mass is 219 g/mol. The van der Waals surface area contributed by atoms with E-state index >= 15 is 0 Å². The maximum Gasteiger partial charge on any atom is 0.00724 e. The van der Waals surface area contributed by atoms with Crippen molar-refractivity contribution in [3.8, 4) is 0 Å². The van der Waals surface area contributed by atoms with Crippen LogP contribution in [0.25, 0.3) is 0 Å². The number of hydrogen-bond donors (Lipinski definition) is 1. The quantitative estimate of drug-likeness (QED) is 0.701. The average molecular weight is 220 g/mol. The standard InChI is InChI=1S/C9H18BrN/c1-7(5-10)8(2)11-6-9-3-4-9/h7-9,11H,3-6H2,1-2H3. The van der Waals surface area contributed by atoms with Crippen LogP contribution in [0.1, 0.15) is 26.7 Å². The highest BCUT2D eigenvalue weighted by Crippen LogP contribution is 2.27. The second kappa shape index (κ2) is 4.46. The van der Waals surface area contributed by atoms with E-state index in [9.17, 15) is 0 Å². The van der Waals surface area contributed by atoms with Crippen molar-refractivity contribution in [1.29, 1.82) is 0 Å². The molecule has 0 aliphatic heterocycles. The van der Waals surface area contributed by atoms with Crippen LogP contribution in [0.3, 0.4) is 0 Å². The molecule has 0 radical (unpaired) electrons. The van der Waals surface area contributed by atoms with E-state index in [1.54, 1.807) is 0 Å². The van der Waals surface area contributed by atoms with Gasteiger partial charge in [-0.25, -0.2) is 0 Å². The molecule has 2 heteroatoms. The largest absolute Gasteiger partial charge is 0.314 e. The molecule has 2 atom stereocenters. The third-order valence-electron chi connectivity index (χ3n) is 2.52. The Labute approximate surface area is 78.1 Å². The summed E-state index contributed by atoms with van der Waals surface area (Å²) in [6.45, 7) is 5.78. The molecule has 0 saturated heterocycles. The van der Waals surface area contributed by atoms with Gasteiger partial charge in [-0.3, -0.25) is 0 Å². The van der Waals surface area contributed by atoms with Gasteiger partial charge in [0.2, 0.25) is 0 Å². The van der Waals surface area contributed by atoms with Crippen LogP contribution in [-0.4, -0.2) is 17.9 Å². The van der Waals surface area contributed by atoms with Crippen LogP contribution in [0.2, 0.25) is 0 Å². The van der Waals surface area contributed by atoms with Crippen LogP contribution >= 0.6 is 15.9 Å². The Kier molecular flexibility index (Phi) is 3.86. The maximum absolute atomic E-state index is 3.57. The van der Waals surface area contributed by atoms with E-state index in [-0.39, 0.29) is 0 Å². The van der Waals surface area contributed by atoms with Gasteiger partial charge in [0.05, 0.1) is 0 Å². The summed E-state index contributed by atoms with van der Waals surface area (Å²) in [5.41, 5.74) is 0. The van der Waals surface area contributed by atoms with E-state index < -0.39 is 0 Å². The number of alkyl halides is 1. The molecule has 1 aliphatic carbocycles. The molecule has 1 rings (SSSR count). The lowest BCUT2D eigenvalue weighted by atomic mass is 10.1. The van der Waals surface area contributed by atoms with Gasteiger partial charge in [0.25, 0.3) is 0 Å².